The summed E-state index contributed by atoms with van der Waals surface area (Å²) in [7, 11) is 0. The second-order valence-electron chi connectivity index (χ2n) is 6.22. The molecule has 28 heavy (non-hydrogen) atoms. The van der Waals surface area contributed by atoms with Crippen LogP contribution < -0.4 is 4.90 Å². The third-order valence-electron chi connectivity index (χ3n) is 4.22. The van der Waals surface area contributed by atoms with E-state index in [2.05, 4.69) is 4.98 Å². The summed E-state index contributed by atoms with van der Waals surface area (Å²) < 4.78 is 1.55. The third kappa shape index (κ3) is 4.05. The number of rotatable bonds is 5. The van der Waals surface area contributed by atoms with E-state index in [4.69, 9.17) is 28.2 Å². The summed E-state index contributed by atoms with van der Waals surface area (Å²) in [6.07, 6.45) is 1.98. The average molecular weight is 448 g/mol. The summed E-state index contributed by atoms with van der Waals surface area (Å²) in [5, 5.41) is 1.25. The topological polar surface area (TPSA) is 46.1 Å². The van der Waals surface area contributed by atoms with Gasteiger partial charge in [-0.1, -0.05) is 46.7 Å². The molecule has 0 saturated heterocycles. The molecule has 4 aromatic rings. The Kier molecular flexibility index (Phi) is 5.64. The lowest BCUT2D eigenvalue weighted by Crippen LogP contribution is -2.31. The molecule has 0 atom stereocenters. The highest BCUT2D eigenvalue weighted by atomic mass is 35.5. The molecule has 0 N–H and O–H groups in total. The fraction of sp³-hybridized carbons (Fsp3) is 0.150. The van der Waals surface area contributed by atoms with Gasteiger partial charge in [-0.05, 0) is 42.8 Å². The fourth-order valence-corrected chi connectivity index (χ4v) is 5.23. The van der Waals surface area contributed by atoms with Crippen molar-refractivity contribution >= 4 is 67.1 Å². The predicted octanol–water partition coefficient (Wildman–Crippen LogP) is 6.14. The number of thiophene rings is 1. The first-order valence-electron chi connectivity index (χ1n) is 8.51. The Hall–Kier alpha value is -1.99. The van der Waals surface area contributed by atoms with Gasteiger partial charge in [0.25, 0.3) is 0 Å². The number of nitrogens with zero attached hydrogens (tertiary/aromatic N) is 3. The van der Waals surface area contributed by atoms with Crippen molar-refractivity contribution in [2.75, 3.05) is 4.90 Å². The maximum absolute atomic E-state index is 13.2. The van der Waals surface area contributed by atoms with Gasteiger partial charge in [-0.15, -0.1) is 11.3 Å². The quantitative estimate of drug-likeness (QED) is 0.368. The summed E-state index contributed by atoms with van der Waals surface area (Å²) in [6.45, 7) is 2.33. The molecule has 0 unspecified atom stereocenters. The van der Waals surface area contributed by atoms with Crippen molar-refractivity contribution in [1.29, 1.82) is 0 Å². The van der Waals surface area contributed by atoms with Crippen LogP contribution in [0.5, 0.6) is 0 Å². The zero-order valence-electron chi connectivity index (χ0n) is 14.9. The zero-order chi connectivity index (χ0) is 19.7. The first-order valence-corrected chi connectivity index (χ1v) is 10.9. The van der Waals surface area contributed by atoms with Crippen LogP contribution in [0.15, 0.2) is 48.7 Å². The molecule has 0 aliphatic carbocycles. The van der Waals surface area contributed by atoms with Crippen LogP contribution in [0, 0.1) is 6.92 Å². The number of hydrogen-bond donors (Lipinski definition) is 0. The number of hydrogen-bond acceptors (Lipinski definition) is 5. The standard InChI is InChI=1S/C20H15Cl2N3OS2/c1-12-5-7-15(21)19-18(12)24-20(28-19)25(11-13-4-2-3-9-23-13)17(26)10-14-6-8-16(22)27-14/h2-9H,10-11H2,1H3. The van der Waals surface area contributed by atoms with Crippen molar-refractivity contribution in [3.05, 3.63) is 74.2 Å². The second-order valence-corrected chi connectivity index (χ2v) is 9.41. The molecular formula is C20H15Cl2N3OS2. The zero-order valence-corrected chi connectivity index (χ0v) is 18.0. The van der Waals surface area contributed by atoms with Gasteiger partial charge in [-0.2, -0.15) is 0 Å². The van der Waals surface area contributed by atoms with Gasteiger partial charge < -0.3 is 0 Å². The Bertz CT molecular complexity index is 1100. The average Bonchev–Trinajstić information content (AvgIpc) is 3.31. The Labute approximate surface area is 180 Å². The van der Waals surface area contributed by atoms with E-state index in [-0.39, 0.29) is 12.3 Å². The highest BCUT2D eigenvalue weighted by Crippen LogP contribution is 2.36. The van der Waals surface area contributed by atoms with Crippen molar-refractivity contribution < 1.29 is 4.79 Å². The first kappa shape index (κ1) is 19.3. The number of halogens is 2. The van der Waals surface area contributed by atoms with Crippen LogP contribution in [-0.4, -0.2) is 15.9 Å². The van der Waals surface area contributed by atoms with E-state index in [1.807, 2.05) is 43.3 Å². The molecule has 4 rings (SSSR count). The Balaban J connectivity index is 1.73. The van der Waals surface area contributed by atoms with Crippen LogP contribution in [0.4, 0.5) is 5.13 Å². The number of anilines is 1. The van der Waals surface area contributed by atoms with E-state index >= 15 is 0 Å². The monoisotopic (exact) mass is 447 g/mol. The van der Waals surface area contributed by atoms with Gasteiger partial charge in [0, 0.05) is 11.1 Å². The number of amides is 1. The van der Waals surface area contributed by atoms with Gasteiger partial charge in [0.2, 0.25) is 5.91 Å². The number of carbonyl (C=O) groups excluding carboxylic acids is 1. The van der Waals surface area contributed by atoms with Crippen molar-refractivity contribution in [3.63, 3.8) is 0 Å². The maximum Gasteiger partial charge on any atom is 0.234 e. The molecule has 0 bridgehead atoms. The van der Waals surface area contributed by atoms with Gasteiger partial charge in [-0.3, -0.25) is 14.7 Å². The van der Waals surface area contributed by atoms with E-state index in [9.17, 15) is 4.79 Å². The summed E-state index contributed by atoms with van der Waals surface area (Å²) in [6, 6.07) is 13.1. The molecule has 142 valence electrons. The van der Waals surface area contributed by atoms with Gasteiger partial charge in [0.1, 0.15) is 0 Å². The van der Waals surface area contributed by atoms with Crippen LogP contribution >= 0.6 is 45.9 Å². The molecule has 1 aromatic carbocycles. The number of carbonyl (C=O) groups is 1. The highest BCUT2D eigenvalue weighted by molar-refractivity contribution is 7.23. The SMILES string of the molecule is Cc1ccc(Cl)c2sc(N(Cc3ccccn3)C(=O)Cc3ccc(Cl)s3)nc12. The number of thiazole rings is 1. The summed E-state index contributed by atoms with van der Waals surface area (Å²) in [5.41, 5.74) is 2.64. The maximum atomic E-state index is 13.2. The van der Waals surface area contributed by atoms with E-state index in [0.717, 1.165) is 26.4 Å². The third-order valence-corrected chi connectivity index (χ3v) is 6.99. The Morgan fingerprint density at radius 2 is 1.96 bits per heavy atom. The van der Waals surface area contributed by atoms with Gasteiger partial charge in [0.05, 0.1) is 38.2 Å². The normalized spacial score (nSPS) is 11.1. The minimum Gasteiger partial charge on any atom is -0.282 e. The van der Waals surface area contributed by atoms with E-state index in [1.165, 1.54) is 22.7 Å². The summed E-state index contributed by atoms with van der Waals surface area (Å²) in [4.78, 5) is 24.9. The molecule has 3 heterocycles. The van der Waals surface area contributed by atoms with Gasteiger partial charge >= 0.3 is 0 Å². The highest BCUT2D eigenvalue weighted by Gasteiger charge is 2.22. The number of aromatic nitrogens is 2. The molecule has 3 aromatic heterocycles. The van der Waals surface area contributed by atoms with Gasteiger partial charge in [-0.25, -0.2) is 4.98 Å². The lowest BCUT2D eigenvalue weighted by Gasteiger charge is -2.19. The van der Waals surface area contributed by atoms with E-state index in [0.29, 0.717) is 21.0 Å². The minimum atomic E-state index is -0.0583. The predicted molar refractivity (Wildman–Crippen MR) is 118 cm³/mol. The number of pyridine rings is 1. The Morgan fingerprint density at radius 3 is 2.64 bits per heavy atom. The largest absolute Gasteiger partial charge is 0.282 e. The van der Waals surface area contributed by atoms with Crippen LogP contribution in [-0.2, 0) is 17.8 Å². The molecule has 0 aliphatic heterocycles. The van der Waals surface area contributed by atoms with Crippen LogP contribution in [0.1, 0.15) is 16.1 Å². The molecular weight excluding hydrogens is 433 g/mol. The van der Waals surface area contributed by atoms with Crippen molar-refractivity contribution in [3.8, 4) is 0 Å². The molecule has 0 spiro atoms. The number of benzene rings is 1. The van der Waals surface area contributed by atoms with Crippen molar-refractivity contribution in [1.82, 2.24) is 9.97 Å². The molecule has 0 radical (unpaired) electrons. The summed E-state index contributed by atoms with van der Waals surface area (Å²) in [5.74, 6) is -0.0583. The summed E-state index contributed by atoms with van der Waals surface area (Å²) >= 11 is 15.2. The number of aryl methyl sites for hydroxylation is 1. The lowest BCUT2D eigenvalue weighted by atomic mass is 10.2. The minimum absolute atomic E-state index is 0.0583. The Morgan fingerprint density at radius 1 is 1.11 bits per heavy atom. The molecule has 0 aliphatic rings. The first-order chi connectivity index (χ1) is 13.5. The lowest BCUT2D eigenvalue weighted by molar-refractivity contribution is -0.118. The van der Waals surface area contributed by atoms with E-state index < -0.39 is 0 Å². The van der Waals surface area contributed by atoms with Crippen molar-refractivity contribution in [2.45, 2.75) is 19.9 Å². The molecule has 0 fully saturated rings. The van der Waals surface area contributed by atoms with E-state index in [1.54, 1.807) is 17.2 Å². The fourth-order valence-electron chi connectivity index (χ4n) is 2.81. The van der Waals surface area contributed by atoms with Crippen LogP contribution in [0.2, 0.25) is 9.36 Å². The van der Waals surface area contributed by atoms with Crippen LogP contribution in [0.3, 0.4) is 0 Å². The molecule has 0 saturated carbocycles. The second kappa shape index (κ2) is 8.17. The molecule has 8 heteroatoms. The number of fused-ring (bicyclic) bond motifs is 1. The smallest absolute Gasteiger partial charge is 0.234 e. The van der Waals surface area contributed by atoms with Crippen molar-refractivity contribution in [2.24, 2.45) is 0 Å². The van der Waals surface area contributed by atoms with Crippen LogP contribution in [0.25, 0.3) is 10.2 Å². The molecule has 4 nitrogen and oxygen atoms in total. The van der Waals surface area contributed by atoms with Gasteiger partial charge in [0.15, 0.2) is 5.13 Å². The molecule has 1 amide bonds.